The Morgan fingerprint density at radius 1 is 1.12 bits per heavy atom. The first-order valence-corrected chi connectivity index (χ1v) is 9.27. The van der Waals surface area contributed by atoms with Crippen LogP contribution >= 0.6 is 27.7 Å². The summed E-state index contributed by atoms with van der Waals surface area (Å²) in [5.41, 5.74) is 1.19. The second-order valence-electron chi connectivity index (χ2n) is 5.15. The molecule has 0 fully saturated rings. The molecule has 0 atom stereocenters. The van der Waals surface area contributed by atoms with Crippen molar-refractivity contribution in [1.29, 1.82) is 0 Å². The van der Waals surface area contributed by atoms with Crippen LogP contribution in [-0.4, -0.2) is 22.0 Å². The van der Waals surface area contributed by atoms with Crippen LogP contribution in [-0.2, 0) is 12.4 Å². The molecule has 3 aromatic rings. The van der Waals surface area contributed by atoms with E-state index in [1.165, 1.54) is 22.0 Å². The molecule has 2 N–H and O–H groups in total. The van der Waals surface area contributed by atoms with Crippen molar-refractivity contribution >= 4 is 27.7 Å². The van der Waals surface area contributed by atoms with Gasteiger partial charge in [0.2, 0.25) is 5.16 Å². The largest absolute Gasteiger partial charge is 0.497 e. The number of aromatic nitrogens is 3. The fourth-order valence-electron chi connectivity index (χ4n) is 2.07. The molecule has 0 saturated carbocycles. The quantitative estimate of drug-likeness (QED) is 0.464. The van der Waals surface area contributed by atoms with E-state index in [2.05, 4.69) is 38.3 Å². The summed E-state index contributed by atoms with van der Waals surface area (Å²) in [5, 5.41) is 8.88. The van der Waals surface area contributed by atoms with Gasteiger partial charge in [-0.1, -0.05) is 45.9 Å². The normalized spacial score (nSPS) is 10.6. The summed E-state index contributed by atoms with van der Waals surface area (Å²) in [6, 6.07) is 15.5. The van der Waals surface area contributed by atoms with E-state index in [1.807, 2.05) is 30.3 Å². The first kappa shape index (κ1) is 17.6. The molecule has 0 aliphatic heterocycles. The van der Waals surface area contributed by atoms with E-state index < -0.39 is 0 Å². The number of halogens is 1. The summed E-state index contributed by atoms with van der Waals surface area (Å²) in [7, 11) is 1.62. The van der Waals surface area contributed by atoms with Crippen molar-refractivity contribution in [3.05, 3.63) is 64.4 Å². The third-order valence-electron chi connectivity index (χ3n) is 3.43. The standard InChI is InChI=1S/C17H17BrN4O2S/c1-23-14-3-2-4-15(9-14)24-10-16-20-21-17(22(16)19)25-11-12-5-7-13(18)8-6-12/h2-9H,10-11,19H2,1H3. The van der Waals surface area contributed by atoms with Crippen molar-refractivity contribution in [1.82, 2.24) is 14.9 Å². The van der Waals surface area contributed by atoms with Crippen molar-refractivity contribution in [2.75, 3.05) is 13.0 Å². The topological polar surface area (TPSA) is 75.2 Å². The highest BCUT2D eigenvalue weighted by Gasteiger charge is 2.11. The van der Waals surface area contributed by atoms with Crippen LogP contribution in [0.15, 0.2) is 58.2 Å². The number of rotatable bonds is 7. The molecule has 3 rings (SSSR count). The van der Waals surface area contributed by atoms with Crippen LogP contribution in [0.3, 0.4) is 0 Å². The predicted molar refractivity (Wildman–Crippen MR) is 101 cm³/mol. The Labute approximate surface area is 158 Å². The molecule has 130 valence electrons. The summed E-state index contributed by atoms with van der Waals surface area (Å²) in [4.78, 5) is 0. The number of hydrogen-bond acceptors (Lipinski definition) is 6. The maximum atomic E-state index is 6.07. The molecular formula is C17H17BrN4O2S. The van der Waals surface area contributed by atoms with Crippen molar-refractivity contribution in [2.45, 2.75) is 17.5 Å². The van der Waals surface area contributed by atoms with Gasteiger partial charge in [0.25, 0.3) is 0 Å². The molecule has 1 aromatic heterocycles. The highest BCUT2D eigenvalue weighted by atomic mass is 79.9. The van der Waals surface area contributed by atoms with E-state index in [4.69, 9.17) is 15.3 Å². The lowest BCUT2D eigenvalue weighted by Gasteiger charge is -2.07. The number of nitrogens with two attached hydrogens (primary N) is 1. The molecule has 0 spiro atoms. The van der Waals surface area contributed by atoms with Crippen LogP contribution < -0.4 is 15.3 Å². The zero-order valence-electron chi connectivity index (χ0n) is 13.6. The molecule has 0 aliphatic carbocycles. The fraction of sp³-hybridized carbons (Fsp3) is 0.176. The number of methoxy groups -OCH3 is 1. The van der Waals surface area contributed by atoms with Gasteiger partial charge in [0.15, 0.2) is 5.82 Å². The van der Waals surface area contributed by atoms with E-state index in [-0.39, 0.29) is 6.61 Å². The van der Waals surface area contributed by atoms with Gasteiger partial charge in [-0.25, -0.2) is 4.68 Å². The highest BCUT2D eigenvalue weighted by molar-refractivity contribution is 9.10. The molecule has 6 nitrogen and oxygen atoms in total. The lowest BCUT2D eigenvalue weighted by Crippen LogP contribution is -2.15. The van der Waals surface area contributed by atoms with Crippen LogP contribution in [0.5, 0.6) is 11.5 Å². The molecule has 25 heavy (non-hydrogen) atoms. The van der Waals surface area contributed by atoms with E-state index >= 15 is 0 Å². The Morgan fingerprint density at radius 3 is 2.64 bits per heavy atom. The number of thioether (sulfide) groups is 1. The minimum Gasteiger partial charge on any atom is -0.497 e. The van der Waals surface area contributed by atoms with Gasteiger partial charge in [0.05, 0.1) is 7.11 Å². The van der Waals surface area contributed by atoms with Crippen LogP contribution in [0.1, 0.15) is 11.4 Å². The predicted octanol–water partition coefficient (Wildman–Crippen LogP) is 3.63. The summed E-state index contributed by atoms with van der Waals surface area (Å²) in [6.45, 7) is 0.232. The number of hydrogen-bond donors (Lipinski definition) is 1. The molecule has 0 saturated heterocycles. The second kappa shape index (κ2) is 8.26. The van der Waals surface area contributed by atoms with Gasteiger partial charge in [0.1, 0.15) is 18.1 Å². The molecule has 0 aliphatic rings. The minimum absolute atomic E-state index is 0.232. The SMILES string of the molecule is COc1cccc(OCc2nnc(SCc3ccc(Br)cc3)n2N)c1. The number of nitrogens with zero attached hydrogens (tertiary/aromatic N) is 3. The highest BCUT2D eigenvalue weighted by Crippen LogP contribution is 2.23. The van der Waals surface area contributed by atoms with E-state index in [9.17, 15) is 0 Å². The molecule has 8 heteroatoms. The average molecular weight is 421 g/mol. The van der Waals surface area contributed by atoms with Gasteiger partial charge in [-0.2, -0.15) is 0 Å². The van der Waals surface area contributed by atoms with Crippen molar-refractivity contribution in [2.24, 2.45) is 0 Å². The van der Waals surface area contributed by atoms with Gasteiger partial charge in [-0.05, 0) is 29.8 Å². The Hall–Kier alpha value is -2.19. The van der Waals surface area contributed by atoms with Gasteiger partial charge in [-0.15, -0.1) is 10.2 Å². The lowest BCUT2D eigenvalue weighted by molar-refractivity contribution is 0.289. The smallest absolute Gasteiger partial charge is 0.210 e. The van der Waals surface area contributed by atoms with E-state index in [0.717, 1.165) is 16.0 Å². The van der Waals surface area contributed by atoms with Gasteiger partial charge >= 0.3 is 0 Å². The first-order valence-electron chi connectivity index (χ1n) is 7.49. The van der Waals surface area contributed by atoms with Crippen LogP contribution in [0.2, 0.25) is 0 Å². The maximum Gasteiger partial charge on any atom is 0.210 e. The Morgan fingerprint density at radius 2 is 1.88 bits per heavy atom. The Bertz CT molecular complexity index is 839. The molecule has 0 unspecified atom stereocenters. The van der Waals surface area contributed by atoms with Crippen LogP contribution in [0.4, 0.5) is 0 Å². The number of nitrogen functional groups attached to an aromatic ring is 1. The number of benzene rings is 2. The Balaban J connectivity index is 1.59. The number of ether oxygens (including phenoxy) is 2. The monoisotopic (exact) mass is 420 g/mol. The summed E-state index contributed by atoms with van der Waals surface area (Å²) < 4.78 is 13.4. The summed E-state index contributed by atoms with van der Waals surface area (Å²) in [5.74, 6) is 8.81. The molecule has 0 amide bonds. The third-order valence-corrected chi connectivity index (χ3v) is 4.97. The van der Waals surface area contributed by atoms with E-state index in [1.54, 1.807) is 13.2 Å². The van der Waals surface area contributed by atoms with Gasteiger partial charge < -0.3 is 15.3 Å². The van der Waals surface area contributed by atoms with Crippen LogP contribution in [0.25, 0.3) is 0 Å². The molecule has 0 bridgehead atoms. The van der Waals surface area contributed by atoms with E-state index in [0.29, 0.717) is 16.7 Å². The summed E-state index contributed by atoms with van der Waals surface area (Å²) in [6.07, 6.45) is 0. The minimum atomic E-state index is 0.232. The van der Waals surface area contributed by atoms with Crippen molar-refractivity contribution < 1.29 is 9.47 Å². The fourth-order valence-corrected chi connectivity index (χ4v) is 3.17. The molecular weight excluding hydrogens is 404 g/mol. The summed E-state index contributed by atoms with van der Waals surface area (Å²) >= 11 is 4.95. The first-order chi connectivity index (χ1) is 12.2. The molecule has 1 heterocycles. The van der Waals surface area contributed by atoms with Crippen LogP contribution in [0, 0.1) is 0 Å². The van der Waals surface area contributed by atoms with Gasteiger partial charge in [-0.3, -0.25) is 0 Å². The zero-order chi connectivity index (χ0) is 17.6. The van der Waals surface area contributed by atoms with Gasteiger partial charge in [0, 0.05) is 16.3 Å². The second-order valence-corrected chi connectivity index (χ2v) is 7.01. The van der Waals surface area contributed by atoms with Crippen molar-refractivity contribution in [3.63, 3.8) is 0 Å². The van der Waals surface area contributed by atoms with Crippen molar-refractivity contribution in [3.8, 4) is 11.5 Å². The average Bonchev–Trinajstić information content (AvgIpc) is 2.99. The third kappa shape index (κ3) is 4.67. The molecule has 2 aromatic carbocycles. The zero-order valence-corrected chi connectivity index (χ0v) is 16.0. The lowest BCUT2D eigenvalue weighted by atomic mass is 10.2. The maximum absolute atomic E-state index is 6.07. The Kier molecular flexibility index (Phi) is 5.83. The molecule has 0 radical (unpaired) electrons.